The normalized spacial score (nSPS) is 10.8. The van der Waals surface area contributed by atoms with E-state index in [2.05, 4.69) is 34.2 Å². The molecule has 0 aliphatic carbocycles. The molecule has 0 unspecified atom stereocenters. The van der Waals surface area contributed by atoms with Crippen molar-refractivity contribution in [1.82, 2.24) is 19.7 Å². The van der Waals surface area contributed by atoms with Crippen LogP contribution in [0.5, 0.6) is 5.88 Å². The number of hydrogen-bond acceptors (Lipinski definition) is 5. The Morgan fingerprint density at radius 2 is 2.16 bits per heavy atom. The van der Waals surface area contributed by atoms with Gasteiger partial charge in [-0.05, 0) is 5.92 Å². The molecule has 2 heterocycles. The van der Waals surface area contributed by atoms with Gasteiger partial charge in [0.15, 0.2) is 0 Å². The van der Waals surface area contributed by atoms with E-state index in [1.165, 1.54) is 13.3 Å². The summed E-state index contributed by atoms with van der Waals surface area (Å²) in [5.74, 6) is 1.93. The van der Waals surface area contributed by atoms with Gasteiger partial charge in [0.1, 0.15) is 10.8 Å². The van der Waals surface area contributed by atoms with E-state index < -0.39 is 0 Å². The molecule has 0 amide bonds. The lowest BCUT2D eigenvalue weighted by Crippen LogP contribution is -2.03. The van der Waals surface area contributed by atoms with Crippen LogP contribution in [0.1, 0.15) is 25.5 Å². The van der Waals surface area contributed by atoms with Crippen molar-refractivity contribution in [1.29, 1.82) is 0 Å². The Labute approximate surface area is 116 Å². The van der Waals surface area contributed by atoms with Gasteiger partial charge in [-0.15, -0.1) is 0 Å². The summed E-state index contributed by atoms with van der Waals surface area (Å²) in [5.41, 5.74) is 1.01. The van der Waals surface area contributed by atoms with Crippen LogP contribution in [-0.2, 0) is 7.05 Å². The van der Waals surface area contributed by atoms with Gasteiger partial charge >= 0.3 is 0 Å². The van der Waals surface area contributed by atoms with Crippen LogP contribution < -0.4 is 10.1 Å². The molecule has 2 aromatic rings. The van der Waals surface area contributed by atoms with E-state index >= 15 is 0 Å². The highest BCUT2D eigenvalue weighted by atomic mass is 35.5. The van der Waals surface area contributed by atoms with Gasteiger partial charge in [-0.1, -0.05) is 25.4 Å². The van der Waals surface area contributed by atoms with Crippen molar-refractivity contribution in [2.75, 3.05) is 12.4 Å². The predicted octanol–water partition coefficient (Wildman–Crippen LogP) is 2.74. The monoisotopic (exact) mass is 281 g/mol. The van der Waals surface area contributed by atoms with Crippen molar-refractivity contribution >= 4 is 23.4 Å². The van der Waals surface area contributed by atoms with Crippen LogP contribution in [0.2, 0.25) is 5.02 Å². The molecule has 0 saturated carbocycles. The molecule has 7 heteroatoms. The van der Waals surface area contributed by atoms with E-state index in [0.29, 0.717) is 22.8 Å². The molecular weight excluding hydrogens is 266 g/mol. The summed E-state index contributed by atoms with van der Waals surface area (Å²) in [5, 5.41) is 7.87. The number of hydrogen-bond donors (Lipinski definition) is 1. The second-order valence-corrected chi connectivity index (χ2v) is 4.82. The molecule has 0 saturated heterocycles. The van der Waals surface area contributed by atoms with Gasteiger partial charge in [0.05, 0.1) is 19.0 Å². The molecular formula is C12H16ClN5O. The number of anilines is 2. The van der Waals surface area contributed by atoms with Crippen LogP contribution >= 0.6 is 11.6 Å². The topological polar surface area (TPSA) is 64.9 Å². The van der Waals surface area contributed by atoms with E-state index in [4.69, 9.17) is 16.3 Å². The average molecular weight is 282 g/mol. The first-order chi connectivity index (χ1) is 9.01. The SMILES string of the molecule is COc1nc(Nc2cc(C(C)C)nn2C)ncc1Cl. The molecule has 0 aliphatic heterocycles. The lowest BCUT2D eigenvalue weighted by Gasteiger charge is -2.06. The summed E-state index contributed by atoms with van der Waals surface area (Å²) in [6, 6.07) is 1.97. The minimum atomic E-state index is 0.338. The molecule has 2 aromatic heterocycles. The standard InChI is InChI=1S/C12H16ClN5O/c1-7(2)9-5-10(18(3)17-9)15-12-14-6-8(13)11(16-12)19-4/h5-7H,1-4H3,(H,14,15,16). The van der Waals surface area contributed by atoms with Gasteiger partial charge in [-0.2, -0.15) is 10.1 Å². The molecule has 0 atom stereocenters. The van der Waals surface area contributed by atoms with Gasteiger partial charge in [0.25, 0.3) is 0 Å². The fraction of sp³-hybridized carbons (Fsp3) is 0.417. The summed E-state index contributed by atoms with van der Waals surface area (Å²) in [6.07, 6.45) is 1.50. The summed E-state index contributed by atoms with van der Waals surface area (Å²) in [6.45, 7) is 4.18. The number of aryl methyl sites for hydroxylation is 1. The third-order valence-corrected chi connectivity index (χ3v) is 2.89. The molecule has 0 radical (unpaired) electrons. The Hall–Kier alpha value is -1.82. The van der Waals surface area contributed by atoms with E-state index in [1.807, 2.05) is 13.1 Å². The molecule has 6 nitrogen and oxygen atoms in total. The number of halogens is 1. The van der Waals surface area contributed by atoms with E-state index in [9.17, 15) is 0 Å². The van der Waals surface area contributed by atoms with Crippen LogP contribution in [-0.4, -0.2) is 26.9 Å². The van der Waals surface area contributed by atoms with E-state index in [-0.39, 0.29) is 0 Å². The first-order valence-corrected chi connectivity index (χ1v) is 6.26. The zero-order valence-electron chi connectivity index (χ0n) is 11.3. The van der Waals surface area contributed by atoms with Gasteiger partial charge in [-0.25, -0.2) is 4.98 Å². The first kappa shape index (κ1) is 13.6. The van der Waals surface area contributed by atoms with Crippen molar-refractivity contribution in [2.24, 2.45) is 7.05 Å². The maximum atomic E-state index is 5.88. The highest BCUT2D eigenvalue weighted by Crippen LogP contribution is 2.24. The number of nitrogens with zero attached hydrogens (tertiary/aromatic N) is 4. The number of rotatable bonds is 4. The Morgan fingerprint density at radius 1 is 1.42 bits per heavy atom. The lowest BCUT2D eigenvalue weighted by molar-refractivity contribution is 0.398. The average Bonchev–Trinajstić information content (AvgIpc) is 2.73. The van der Waals surface area contributed by atoms with Crippen molar-refractivity contribution in [3.63, 3.8) is 0 Å². The highest BCUT2D eigenvalue weighted by molar-refractivity contribution is 6.31. The number of aromatic nitrogens is 4. The van der Waals surface area contributed by atoms with Gasteiger partial charge in [-0.3, -0.25) is 4.68 Å². The first-order valence-electron chi connectivity index (χ1n) is 5.88. The fourth-order valence-electron chi connectivity index (χ4n) is 1.56. The predicted molar refractivity (Wildman–Crippen MR) is 74.2 cm³/mol. The smallest absolute Gasteiger partial charge is 0.237 e. The summed E-state index contributed by atoms with van der Waals surface area (Å²) >= 11 is 5.88. The summed E-state index contributed by atoms with van der Waals surface area (Å²) in [4.78, 5) is 8.27. The van der Waals surface area contributed by atoms with Crippen molar-refractivity contribution < 1.29 is 4.74 Å². The Kier molecular flexibility index (Phi) is 3.90. The zero-order valence-corrected chi connectivity index (χ0v) is 12.1. The molecule has 102 valence electrons. The van der Waals surface area contributed by atoms with Crippen LogP contribution in [0.4, 0.5) is 11.8 Å². The molecule has 0 aliphatic rings. The van der Waals surface area contributed by atoms with Crippen LogP contribution in [0.25, 0.3) is 0 Å². The summed E-state index contributed by atoms with van der Waals surface area (Å²) in [7, 11) is 3.38. The zero-order chi connectivity index (χ0) is 14.0. The minimum Gasteiger partial charge on any atom is -0.480 e. The minimum absolute atomic E-state index is 0.338. The van der Waals surface area contributed by atoms with Crippen LogP contribution in [0.3, 0.4) is 0 Å². The van der Waals surface area contributed by atoms with Crippen LogP contribution in [0.15, 0.2) is 12.3 Å². The number of ether oxygens (including phenoxy) is 1. The Balaban J connectivity index is 2.26. The Morgan fingerprint density at radius 3 is 2.74 bits per heavy atom. The van der Waals surface area contributed by atoms with Gasteiger partial charge in [0.2, 0.25) is 11.8 Å². The quantitative estimate of drug-likeness (QED) is 0.933. The third kappa shape index (κ3) is 2.96. The molecule has 1 N–H and O–H groups in total. The molecule has 0 bridgehead atoms. The van der Waals surface area contributed by atoms with Crippen molar-refractivity contribution in [3.8, 4) is 5.88 Å². The second-order valence-electron chi connectivity index (χ2n) is 4.41. The summed E-state index contributed by atoms with van der Waals surface area (Å²) < 4.78 is 6.80. The maximum Gasteiger partial charge on any atom is 0.237 e. The van der Waals surface area contributed by atoms with Crippen molar-refractivity contribution in [3.05, 3.63) is 23.0 Å². The van der Waals surface area contributed by atoms with Gasteiger partial charge < -0.3 is 10.1 Å². The van der Waals surface area contributed by atoms with Gasteiger partial charge in [0, 0.05) is 13.1 Å². The second kappa shape index (κ2) is 5.44. The third-order valence-electron chi connectivity index (χ3n) is 2.64. The molecule has 0 aromatic carbocycles. The Bertz CT molecular complexity index is 581. The highest BCUT2D eigenvalue weighted by Gasteiger charge is 2.11. The largest absolute Gasteiger partial charge is 0.480 e. The molecule has 19 heavy (non-hydrogen) atoms. The van der Waals surface area contributed by atoms with Crippen molar-refractivity contribution in [2.45, 2.75) is 19.8 Å². The molecule has 0 spiro atoms. The molecule has 0 fully saturated rings. The molecule has 2 rings (SSSR count). The van der Waals surface area contributed by atoms with E-state index in [1.54, 1.807) is 4.68 Å². The fourth-order valence-corrected chi connectivity index (χ4v) is 1.73. The lowest BCUT2D eigenvalue weighted by atomic mass is 10.1. The number of nitrogens with one attached hydrogen (secondary N) is 1. The van der Waals surface area contributed by atoms with Crippen LogP contribution in [0, 0.1) is 0 Å². The van der Waals surface area contributed by atoms with E-state index in [0.717, 1.165) is 11.5 Å². The maximum absolute atomic E-state index is 5.88. The number of methoxy groups -OCH3 is 1.